The fourth-order valence-electron chi connectivity index (χ4n) is 1.69. The van der Waals surface area contributed by atoms with E-state index in [4.69, 9.17) is 10.5 Å². The number of carbonyl (C=O) groups is 1. The Bertz CT molecular complexity index is 611. The molecule has 0 aromatic heterocycles. The second-order valence-corrected chi connectivity index (χ2v) is 4.30. The van der Waals surface area contributed by atoms with Crippen molar-refractivity contribution in [1.29, 1.82) is 0 Å². The second kappa shape index (κ2) is 5.52. The summed E-state index contributed by atoms with van der Waals surface area (Å²) in [4.78, 5) is 11.7. The molecule has 0 saturated heterocycles. The lowest BCUT2D eigenvalue weighted by molar-refractivity contribution is 0.0472. The molecule has 0 amide bonds. The first-order valence-electron chi connectivity index (χ1n) is 5.84. The molecule has 0 saturated carbocycles. The van der Waals surface area contributed by atoms with Gasteiger partial charge in [-0.2, -0.15) is 0 Å². The summed E-state index contributed by atoms with van der Waals surface area (Å²) < 4.78 is 18.3. The topological polar surface area (TPSA) is 52.3 Å². The second-order valence-electron chi connectivity index (χ2n) is 4.30. The molecule has 0 atom stereocenters. The van der Waals surface area contributed by atoms with Crippen molar-refractivity contribution in [3.05, 3.63) is 65.0 Å². The largest absolute Gasteiger partial charge is 0.457 e. The molecular weight excluding hydrogens is 245 g/mol. The molecule has 0 bridgehead atoms. The maximum atomic E-state index is 13.2. The summed E-state index contributed by atoms with van der Waals surface area (Å²) in [5.41, 5.74) is 7.49. The van der Waals surface area contributed by atoms with Crippen LogP contribution in [0.5, 0.6) is 0 Å². The number of esters is 1. The summed E-state index contributed by atoms with van der Waals surface area (Å²) in [5.74, 6) is -1.19. The van der Waals surface area contributed by atoms with Crippen LogP contribution in [0, 0.1) is 12.7 Å². The number of nitrogen functional groups attached to an aromatic ring is 1. The maximum absolute atomic E-state index is 13.2. The molecule has 0 radical (unpaired) electrons. The molecule has 0 unspecified atom stereocenters. The number of hydrogen-bond donors (Lipinski definition) is 1. The number of rotatable bonds is 3. The Morgan fingerprint density at radius 3 is 2.74 bits per heavy atom. The van der Waals surface area contributed by atoms with Gasteiger partial charge >= 0.3 is 5.97 Å². The molecule has 0 spiro atoms. The maximum Gasteiger partial charge on any atom is 0.338 e. The van der Waals surface area contributed by atoms with Crippen molar-refractivity contribution in [2.24, 2.45) is 0 Å². The fraction of sp³-hybridized carbons (Fsp3) is 0.133. The van der Waals surface area contributed by atoms with Crippen molar-refractivity contribution in [2.75, 3.05) is 5.73 Å². The predicted molar refractivity (Wildman–Crippen MR) is 71.1 cm³/mol. The Morgan fingerprint density at radius 1 is 1.26 bits per heavy atom. The van der Waals surface area contributed by atoms with E-state index in [1.165, 1.54) is 12.1 Å². The van der Waals surface area contributed by atoms with Gasteiger partial charge in [0.05, 0.1) is 11.3 Å². The van der Waals surface area contributed by atoms with Gasteiger partial charge < -0.3 is 10.5 Å². The minimum absolute atomic E-state index is 0.00948. The third-order valence-corrected chi connectivity index (χ3v) is 2.69. The van der Waals surface area contributed by atoms with E-state index in [1.54, 1.807) is 0 Å². The van der Waals surface area contributed by atoms with Gasteiger partial charge in [0.2, 0.25) is 0 Å². The van der Waals surface area contributed by atoms with Crippen LogP contribution >= 0.6 is 0 Å². The molecule has 98 valence electrons. The highest BCUT2D eigenvalue weighted by atomic mass is 19.1. The van der Waals surface area contributed by atoms with E-state index >= 15 is 0 Å². The van der Waals surface area contributed by atoms with E-state index < -0.39 is 11.8 Å². The lowest BCUT2D eigenvalue weighted by atomic mass is 10.1. The van der Waals surface area contributed by atoms with Crippen molar-refractivity contribution in [2.45, 2.75) is 13.5 Å². The molecule has 0 aliphatic carbocycles. The Hall–Kier alpha value is -2.36. The molecule has 2 rings (SSSR count). The number of anilines is 1. The molecule has 0 aliphatic heterocycles. The zero-order valence-corrected chi connectivity index (χ0v) is 10.5. The van der Waals surface area contributed by atoms with Gasteiger partial charge in [-0.3, -0.25) is 0 Å². The zero-order chi connectivity index (χ0) is 13.8. The van der Waals surface area contributed by atoms with Gasteiger partial charge in [-0.15, -0.1) is 0 Å². The van der Waals surface area contributed by atoms with E-state index in [0.717, 1.165) is 17.2 Å². The van der Waals surface area contributed by atoms with Crippen LogP contribution in [-0.2, 0) is 11.3 Å². The summed E-state index contributed by atoms with van der Waals surface area (Å²) in [5, 5.41) is 0. The monoisotopic (exact) mass is 259 g/mol. The summed E-state index contributed by atoms with van der Waals surface area (Å²) >= 11 is 0. The molecule has 0 aliphatic rings. The Morgan fingerprint density at radius 2 is 2.05 bits per heavy atom. The van der Waals surface area contributed by atoms with Gasteiger partial charge in [-0.25, -0.2) is 9.18 Å². The van der Waals surface area contributed by atoms with Crippen molar-refractivity contribution >= 4 is 11.7 Å². The molecule has 0 heterocycles. The van der Waals surface area contributed by atoms with Crippen LogP contribution in [0.15, 0.2) is 42.5 Å². The van der Waals surface area contributed by atoms with Crippen LogP contribution in [0.3, 0.4) is 0 Å². The van der Waals surface area contributed by atoms with E-state index in [0.29, 0.717) is 0 Å². The molecule has 3 nitrogen and oxygen atoms in total. The quantitative estimate of drug-likeness (QED) is 0.680. The summed E-state index contributed by atoms with van der Waals surface area (Å²) in [6.07, 6.45) is 0. The number of halogens is 1. The zero-order valence-electron chi connectivity index (χ0n) is 10.5. The van der Waals surface area contributed by atoms with Crippen LogP contribution in [0.25, 0.3) is 0 Å². The summed E-state index contributed by atoms with van der Waals surface area (Å²) in [6, 6.07) is 11.5. The third-order valence-electron chi connectivity index (χ3n) is 2.69. The highest BCUT2D eigenvalue weighted by Gasteiger charge is 2.10. The smallest absolute Gasteiger partial charge is 0.338 e. The number of aryl methyl sites for hydroxylation is 1. The predicted octanol–water partition coefficient (Wildman–Crippen LogP) is 3.07. The van der Waals surface area contributed by atoms with Crippen molar-refractivity contribution in [1.82, 2.24) is 0 Å². The van der Waals surface area contributed by atoms with E-state index in [-0.39, 0.29) is 17.9 Å². The molecule has 2 N–H and O–H groups in total. The van der Waals surface area contributed by atoms with Gasteiger partial charge in [0, 0.05) is 0 Å². The third kappa shape index (κ3) is 3.31. The average Bonchev–Trinajstić information content (AvgIpc) is 2.39. The minimum Gasteiger partial charge on any atom is -0.457 e. The van der Waals surface area contributed by atoms with Crippen LogP contribution < -0.4 is 5.73 Å². The minimum atomic E-state index is -0.620. The van der Waals surface area contributed by atoms with Crippen LogP contribution in [0.1, 0.15) is 21.5 Å². The standard InChI is InChI=1S/C15H14FNO2/c1-10-3-2-4-11(7-10)9-19-15(18)12-5-6-14(17)13(16)8-12/h2-8H,9,17H2,1H3. The van der Waals surface area contributed by atoms with E-state index in [1.807, 2.05) is 31.2 Å². The molecular formula is C15H14FNO2. The highest BCUT2D eigenvalue weighted by molar-refractivity contribution is 5.89. The first-order valence-corrected chi connectivity index (χ1v) is 5.84. The van der Waals surface area contributed by atoms with Gasteiger partial charge in [0.25, 0.3) is 0 Å². The van der Waals surface area contributed by atoms with Gasteiger partial charge in [-0.1, -0.05) is 29.8 Å². The number of carbonyl (C=O) groups excluding carboxylic acids is 1. The van der Waals surface area contributed by atoms with Crippen LogP contribution in [0.4, 0.5) is 10.1 Å². The number of benzene rings is 2. The highest BCUT2D eigenvalue weighted by Crippen LogP contribution is 2.14. The van der Waals surface area contributed by atoms with Crippen molar-refractivity contribution < 1.29 is 13.9 Å². The van der Waals surface area contributed by atoms with Crippen molar-refractivity contribution in [3.63, 3.8) is 0 Å². The van der Waals surface area contributed by atoms with E-state index in [2.05, 4.69) is 0 Å². The average molecular weight is 259 g/mol. The lowest BCUT2D eigenvalue weighted by Gasteiger charge is -2.06. The van der Waals surface area contributed by atoms with Gasteiger partial charge in [-0.05, 0) is 30.7 Å². The number of ether oxygens (including phenoxy) is 1. The van der Waals surface area contributed by atoms with Gasteiger partial charge in [0.1, 0.15) is 12.4 Å². The SMILES string of the molecule is Cc1cccc(COC(=O)c2ccc(N)c(F)c2)c1. The number of hydrogen-bond acceptors (Lipinski definition) is 3. The first-order chi connectivity index (χ1) is 9.06. The summed E-state index contributed by atoms with van der Waals surface area (Å²) in [7, 11) is 0. The molecule has 2 aromatic carbocycles. The molecule has 2 aromatic rings. The summed E-state index contributed by atoms with van der Waals surface area (Å²) in [6.45, 7) is 2.12. The Labute approximate surface area is 110 Å². The Kier molecular flexibility index (Phi) is 3.80. The van der Waals surface area contributed by atoms with Crippen LogP contribution in [0.2, 0.25) is 0 Å². The fourth-order valence-corrected chi connectivity index (χ4v) is 1.69. The number of nitrogens with two attached hydrogens (primary N) is 1. The van der Waals surface area contributed by atoms with Crippen LogP contribution in [-0.4, -0.2) is 5.97 Å². The van der Waals surface area contributed by atoms with E-state index in [9.17, 15) is 9.18 Å². The first kappa shape index (κ1) is 13.1. The Balaban J connectivity index is 2.03. The molecule has 0 fully saturated rings. The molecule has 19 heavy (non-hydrogen) atoms. The normalized spacial score (nSPS) is 10.2. The molecule has 4 heteroatoms. The van der Waals surface area contributed by atoms with Crippen molar-refractivity contribution in [3.8, 4) is 0 Å². The van der Waals surface area contributed by atoms with Gasteiger partial charge in [0.15, 0.2) is 0 Å². The lowest BCUT2D eigenvalue weighted by Crippen LogP contribution is -2.06.